The van der Waals surface area contributed by atoms with E-state index in [1.54, 1.807) is 24.3 Å². The van der Waals surface area contributed by atoms with Crippen molar-refractivity contribution in [1.29, 1.82) is 0 Å². The quantitative estimate of drug-likeness (QED) is 0.529. The molecule has 0 saturated carbocycles. The summed E-state index contributed by atoms with van der Waals surface area (Å²) in [4.78, 5) is 12.6. The molecule has 0 N–H and O–H groups in total. The molecule has 6 heteroatoms. The Bertz CT molecular complexity index is 1150. The van der Waals surface area contributed by atoms with Gasteiger partial charge in [0.2, 0.25) is 5.78 Å². The van der Waals surface area contributed by atoms with Crippen molar-refractivity contribution in [2.75, 3.05) is 6.79 Å². The second-order valence-electron chi connectivity index (χ2n) is 6.96. The molecule has 0 unspecified atom stereocenters. The molecule has 0 spiro atoms. The molecule has 0 aliphatic carbocycles. The summed E-state index contributed by atoms with van der Waals surface area (Å²) in [5, 5.41) is 0.597. The van der Waals surface area contributed by atoms with Gasteiger partial charge in [0.05, 0.1) is 12.2 Å². The number of carbonyl (C=O) groups is 1. The molecule has 30 heavy (non-hydrogen) atoms. The zero-order valence-corrected chi connectivity index (χ0v) is 16.6. The van der Waals surface area contributed by atoms with Crippen LogP contribution in [0.2, 0.25) is 5.02 Å². The Morgan fingerprint density at radius 2 is 1.93 bits per heavy atom. The van der Waals surface area contributed by atoms with Crippen LogP contribution in [0.1, 0.15) is 27.0 Å². The standard InChI is InChI=1S/C24H17ClO5/c25-18-9-16-12-27-14-29-24(16)17(10-18)13-28-19-6-7-20-21(11-19)30-22(23(20)26)8-15-4-2-1-3-5-15/h1-11H,12-14H2/b22-8-. The zero-order valence-electron chi connectivity index (χ0n) is 15.9. The van der Waals surface area contributed by atoms with Gasteiger partial charge >= 0.3 is 0 Å². The van der Waals surface area contributed by atoms with E-state index in [0.29, 0.717) is 34.5 Å². The van der Waals surface area contributed by atoms with Crippen LogP contribution in [0, 0.1) is 0 Å². The summed E-state index contributed by atoms with van der Waals surface area (Å²) < 4.78 is 22.7. The van der Waals surface area contributed by atoms with Gasteiger partial charge in [-0.3, -0.25) is 4.79 Å². The summed E-state index contributed by atoms with van der Waals surface area (Å²) in [6, 6.07) is 18.4. The number of rotatable bonds is 4. The number of allylic oxidation sites excluding steroid dienone is 1. The highest BCUT2D eigenvalue weighted by Crippen LogP contribution is 2.36. The third kappa shape index (κ3) is 3.65. The number of hydrogen-bond acceptors (Lipinski definition) is 5. The smallest absolute Gasteiger partial charge is 0.231 e. The average molecular weight is 421 g/mol. The van der Waals surface area contributed by atoms with Crippen LogP contribution in [0.3, 0.4) is 0 Å². The van der Waals surface area contributed by atoms with Crippen molar-refractivity contribution >= 4 is 23.5 Å². The van der Waals surface area contributed by atoms with Crippen molar-refractivity contribution in [2.24, 2.45) is 0 Å². The van der Waals surface area contributed by atoms with Gasteiger partial charge in [-0.1, -0.05) is 41.9 Å². The van der Waals surface area contributed by atoms with Crippen LogP contribution >= 0.6 is 11.6 Å². The summed E-state index contributed by atoms with van der Waals surface area (Å²) in [7, 11) is 0. The number of hydrogen-bond donors (Lipinski definition) is 0. The molecule has 0 saturated heterocycles. The van der Waals surface area contributed by atoms with E-state index in [1.807, 2.05) is 42.5 Å². The topological polar surface area (TPSA) is 54.0 Å². The third-order valence-electron chi connectivity index (χ3n) is 4.88. The van der Waals surface area contributed by atoms with E-state index >= 15 is 0 Å². The lowest BCUT2D eigenvalue weighted by Crippen LogP contribution is -2.14. The lowest BCUT2D eigenvalue weighted by atomic mass is 10.1. The monoisotopic (exact) mass is 420 g/mol. The molecular weight excluding hydrogens is 404 g/mol. The highest BCUT2D eigenvalue weighted by Gasteiger charge is 2.27. The zero-order chi connectivity index (χ0) is 20.5. The Kier molecular flexibility index (Phi) is 4.91. The van der Waals surface area contributed by atoms with Gasteiger partial charge in [-0.2, -0.15) is 0 Å². The SMILES string of the molecule is O=C1/C(=C/c2ccccc2)Oc2cc(OCc3cc(Cl)cc4c3OCOC4)ccc21. The number of benzene rings is 3. The number of ketones is 1. The number of carbonyl (C=O) groups excluding carboxylic acids is 1. The first-order valence-electron chi connectivity index (χ1n) is 9.45. The number of ether oxygens (including phenoxy) is 4. The fraction of sp³-hybridized carbons (Fsp3) is 0.125. The Labute approximate surface area is 178 Å². The van der Waals surface area contributed by atoms with E-state index in [0.717, 1.165) is 22.4 Å². The van der Waals surface area contributed by atoms with Crippen LogP contribution in [-0.2, 0) is 18.0 Å². The largest absolute Gasteiger partial charge is 0.489 e. The summed E-state index contributed by atoms with van der Waals surface area (Å²) in [5.74, 6) is 1.97. The minimum Gasteiger partial charge on any atom is -0.489 e. The van der Waals surface area contributed by atoms with E-state index in [1.165, 1.54) is 0 Å². The first-order chi connectivity index (χ1) is 14.7. The molecule has 0 radical (unpaired) electrons. The van der Waals surface area contributed by atoms with Gasteiger partial charge in [-0.15, -0.1) is 0 Å². The maximum Gasteiger partial charge on any atom is 0.231 e. The fourth-order valence-corrected chi connectivity index (χ4v) is 3.75. The summed E-state index contributed by atoms with van der Waals surface area (Å²) in [6.07, 6.45) is 1.74. The molecule has 150 valence electrons. The van der Waals surface area contributed by atoms with E-state index in [4.69, 9.17) is 30.5 Å². The van der Waals surface area contributed by atoms with E-state index in [9.17, 15) is 4.79 Å². The molecule has 2 heterocycles. The number of Topliss-reactive ketones (excluding diaryl/α,β-unsaturated/α-hetero) is 1. The predicted octanol–water partition coefficient (Wildman–Crippen LogP) is 5.40. The van der Waals surface area contributed by atoms with Crippen molar-refractivity contribution in [3.8, 4) is 17.2 Å². The van der Waals surface area contributed by atoms with Crippen molar-refractivity contribution in [1.82, 2.24) is 0 Å². The minimum absolute atomic E-state index is 0.141. The number of fused-ring (bicyclic) bond motifs is 2. The molecule has 5 rings (SSSR count). The Morgan fingerprint density at radius 1 is 1.07 bits per heavy atom. The molecule has 0 bridgehead atoms. The maximum absolute atomic E-state index is 12.6. The molecule has 2 aliphatic heterocycles. The summed E-state index contributed by atoms with van der Waals surface area (Å²) in [5.41, 5.74) is 3.15. The van der Waals surface area contributed by atoms with E-state index in [-0.39, 0.29) is 19.2 Å². The van der Waals surface area contributed by atoms with E-state index in [2.05, 4.69) is 0 Å². The van der Waals surface area contributed by atoms with Gasteiger partial charge < -0.3 is 18.9 Å². The van der Waals surface area contributed by atoms with Crippen LogP contribution < -0.4 is 14.2 Å². The second kappa shape index (κ2) is 7.86. The highest BCUT2D eigenvalue weighted by atomic mass is 35.5. The Balaban J connectivity index is 1.35. The van der Waals surface area contributed by atoms with Crippen LogP contribution in [0.5, 0.6) is 17.2 Å². The van der Waals surface area contributed by atoms with Crippen LogP contribution in [0.25, 0.3) is 6.08 Å². The average Bonchev–Trinajstić information content (AvgIpc) is 3.07. The second-order valence-corrected chi connectivity index (χ2v) is 7.40. The first-order valence-corrected chi connectivity index (χ1v) is 9.83. The molecular formula is C24H17ClO5. The minimum atomic E-state index is -0.141. The Morgan fingerprint density at radius 3 is 2.80 bits per heavy atom. The van der Waals surface area contributed by atoms with Crippen molar-refractivity contribution in [2.45, 2.75) is 13.2 Å². The summed E-state index contributed by atoms with van der Waals surface area (Å²) >= 11 is 6.21. The van der Waals surface area contributed by atoms with Gasteiger partial charge in [0.25, 0.3) is 0 Å². The normalized spacial score (nSPS) is 15.9. The first kappa shape index (κ1) is 18.7. The van der Waals surface area contributed by atoms with Gasteiger partial charge in [0.1, 0.15) is 23.9 Å². The highest BCUT2D eigenvalue weighted by molar-refractivity contribution is 6.30. The molecule has 5 nitrogen and oxygen atoms in total. The lowest BCUT2D eigenvalue weighted by Gasteiger charge is -2.21. The van der Waals surface area contributed by atoms with Gasteiger partial charge in [0, 0.05) is 22.2 Å². The fourth-order valence-electron chi connectivity index (χ4n) is 3.48. The lowest BCUT2D eigenvalue weighted by molar-refractivity contribution is -0.0175. The van der Waals surface area contributed by atoms with Crippen molar-refractivity contribution < 1.29 is 23.7 Å². The maximum atomic E-state index is 12.6. The van der Waals surface area contributed by atoms with Gasteiger partial charge in [-0.25, -0.2) is 0 Å². The molecule has 0 atom stereocenters. The van der Waals surface area contributed by atoms with Crippen LogP contribution in [0.15, 0.2) is 66.4 Å². The molecule has 3 aromatic rings. The van der Waals surface area contributed by atoms with Crippen molar-refractivity contribution in [3.05, 3.63) is 93.7 Å². The van der Waals surface area contributed by atoms with Crippen LogP contribution in [0.4, 0.5) is 0 Å². The van der Waals surface area contributed by atoms with Gasteiger partial charge in [0.15, 0.2) is 12.6 Å². The van der Waals surface area contributed by atoms with Crippen molar-refractivity contribution in [3.63, 3.8) is 0 Å². The number of halogens is 1. The molecule has 0 amide bonds. The molecule has 3 aromatic carbocycles. The summed E-state index contributed by atoms with van der Waals surface area (Å²) in [6.45, 7) is 0.920. The third-order valence-corrected chi connectivity index (χ3v) is 5.10. The van der Waals surface area contributed by atoms with Gasteiger partial charge in [-0.05, 0) is 35.9 Å². The molecule has 2 aliphatic rings. The molecule has 0 fully saturated rings. The van der Waals surface area contributed by atoms with Crippen LogP contribution in [-0.4, -0.2) is 12.6 Å². The van der Waals surface area contributed by atoms with E-state index < -0.39 is 0 Å². The molecule has 0 aromatic heterocycles. The Hall–Kier alpha value is -3.28. The predicted molar refractivity (Wildman–Crippen MR) is 112 cm³/mol.